The van der Waals surface area contributed by atoms with Crippen LogP contribution in [0, 0.1) is 25.5 Å². The molecular formula is C28H28F2N4O4S. The van der Waals surface area contributed by atoms with Crippen LogP contribution in [0.25, 0.3) is 0 Å². The van der Waals surface area contributed by atoms with Crippen molar-refractivity contribution < 1.29 is 26.8 Å². The largest absolute Gasteiger partial charge is 0.368 e. The minimum atomic E-state index is -4.71. The SMILES string of the molecule is Cc1ccc(C)c(N2CCN(C(=O)C3CN(S(=O)(=O)c4ccc(F)cc4F)C(=O)N3c3ccccc3)CC2)c1. The Kier molecular flexibility index (Phi) is 7.02. The Morgan fingerprint density at radius 2 is 1.59 bits per heavy atom. The van der Waals surface area contributed by atoms with Gasteiger partial charge in [-0.1, -0.05) is 30.3 Å². The predicted octanol–water partition coefficient (Wildman–Crippen LogP) is 3.93. The Morgan fingerprint density at radius 3 is 2.26 bits per heavy atom. The molecule has 0 aromatic heterocycles. The van der Waals surface area contributed by atoms with E-state index in [1.165, 1.54) is 0 Å². The molecule has 2 aliphatic heterocycles. The highest BCUT2D eigenvalue weighted by molar-refractivity contribution is 7.89. The molecule has 2 aliphatic rings. The molecule has 8 nitrogen and oxygen atoms in total. The Balaban J connectivity index is 1.42. The number of anilines is 2. The molecule has 0 radical (unpaired) electrons. The van der Waals surface area contributed by atoms with E-state index in [1.807, 2.05) is 19.9 Å². The van der Waals surface area contributed by atoms with Gasteiger partial charge in [0, 0.05) is 43.6 Å². The van der Waals surface area contributed by atoms with Crippen LogP contribution in [-0.2, 0) is 14.8 Å². The molecule has 0 bridgehead atoms. The zero-order valence-electron chi connectivity index (χ0n) is 21.5. The zero-order valence-corrected chi connectivity index (χ0v) is 22.4. The molecule has 2 heterocycles. The second-order valence-electron chi connectivity index (χ2n) is 9.72. The second-order valence-corrected chi connectivity index (χ2v) is 11.5. The van der Waals surface area contributed by atoms with E-state index in [0.29, 0.717) is 42.2 Å². The maximum Gasteiger partial charge on any atom is 0.339 e. The molecule has 0 aliphatic carbocycles. The molecule has 204 valence electrons. The van der Waals surface area contributed by atoms with Crippen LogP contribution in [-0.4, -0.2) is 68.3 Å². The number of amides is 3. The first kappa shape index (κ1) is 26.6. The van der Waals surface area contributed by atoms with Gasteiger partial charge in [0.2, 0.25) is 5.91 Å². The van der Waals surface area contributed by atoms with Gasteiger partial charge in [0.15, 0.2) is 0 Å². The van der Waals surface area contributed by atoms with Crippen molar-refractivity contribution in [1.29, 1.82) is 0 Å². The molecule has 2 saturated heterocycles. The Labute approximate surface area is 226 Å². The van der Waals surface area contributed by atoms with Crippen molar-refractivity contribution >= 4 is 33.3 Å². The molecule has 39 heavy (non-hydrogen) atoms. The van der Waals surface area contributed by atoms with Gasteiger partial charge >= 0.3 is 6.03 Å². The number of halogens is 2. The lowest BCUT2D eigenvalue weighted by atomic mass is 10.1. The van der Waals surface area contributed by atoms with E-state index in [1.54, 1.807) is 35.2 Å². The number of carbonyl (C=O) groups excluding carboxylic acids is 2. The van der Waals surface area contributed by atoms with Crippen LogP contribution >= 0.6 is 0 Å². The molecule has 0 saturated carbocycles. The van der Waals surface area contributed by atoms with E-state index in [2.05, 4.69) is 17.0 Å². The zero-order chi connectivity index (χ0) is 27.9. The van der Waals surface area contributed by atoms with Gasteiger partial charge in [-0.3, -0.25) is 9.69 Å². The first-order valence-corrected chi connectivity index (χ1v) is 14.0. The van der Waals surface area contributed by atoms with Crippen LogP contribution in [0.2, 0.25) is 0 Å². The lowest BCUT2D eigenvalue weighted by Crippen LogP contribution is -2.55. The predicted molar refractivity (Wildman–Crippen MR) is 143 cm³/mol. The molecule has 0 N–H and O–H groups in total. The molecule has 11 heteroatoms. The van der Waals surface area contributed by atoms with Crippen LogP contribution in [0.1, 0.15) is 11.1 Å². The van der Waals surface area contributed by atoms with Crippen LogP contribution < -0.4 is 9.80 Å². The average molecular weight is 555 g/mol. The van der Waals surface area contributed by atoms with E-state index < -0.39 is 51.1 Å². The molecule has 3 amide bonds. The van der Waals surface area contributed by atoms with Crippen molar-refractivity contribution in [3.05, 3.63) is 89.5 Å². The highest BCUT2D eigenvalue weighted by atomic mass is 32.2. The van der Waals surface area contributed by atoms with Gasteiger partial charge < -0.3 is 9.80 Å². The van der Waals surface area contributed by atoms with E-state index in [9.17, 15) is 26.8 Å². The molecular weight excluding hydrogens is 526 g/mol. The monoisotopic (exact) mass is 554 g/mol. The fourth-order valence-electron chi connectivity index (χ4n) is 5.08. The number of sulfonamides is 1. The summed E-state index contributed by atoms with van der Waals surface area (Å²) in [5.41, 5.74) is 3.71. The smallest absolute Gasteiger partial charge is 0.339 e. The third-order valence-corrected chi connectivity index (χ3v) is 8.92. The highest BCUT2D eigenvalue weighted by Crippen LogP contribution is 2.32. The summed E-state index contributed by atoms with van der Waals surface area (Å²) in [6.07, 6.45) is 0. The summed E-state index contributed by atoms with van der Waals surface area (Å²) in [5, 5.41) is 0. The normalized spacial score (nSPS) is 18.2. The van der Waals surface area contributed by atoms with Crippen molar-refractivity contribution in [2.45, 2.75) is 24.8 Å². The number of rotatable bonds is 5. The fraction of sp³-hybridized carbons (Fsp3) is 0.286. The van der Waals surface area contributed by atoms with Crippen molar-refractivity contribution in [1.82, 2.24) is 9.21 Å². The van der Waals surface area contributed by atoms with Gasteiger partial charge in [-0.2, -0.15) is 0 Å². The van der Waals surface area contributed by atoms with Crippen molar-refractivity contribution in [2.24, 2.45) is 0 Å². The number of piperazine rings is 1. The maximum atomic E-state index is 14.5. The van der Waals surface area contributed by atoms with Gasteiger partial charge in [-0.05, 0) is 55.3 Å². The van der Waals surface area contributed by atoms with Crippen molar-refractivity contribution in [2.75, 3.05) is 42.5 Å². The number of hydrogen-bond acceptors (Lipinski definition) is 5. The van der Waals surface area contributed by atoms with Gasteiger partial charge in [-0.15, -0.1) is 0 Å². The van der Waals surface area contributed by atoms with E-state index in [-0.39, 0.29) is 0 Å². The standard InChI is InChI=1S/C28H28F2N4O4S/c1-19-8-9-20(2)24(16-19)31-12-14-32(15-13-31)27(35)25-18-33(28(36)34(25)22-6-4-3-5-7-22)39(37,38)26-11-10-21(29)17-23(26)30/h3-11,16-17,25H,12-15,18H2,1-2H3. The summed E-state index contributed by atoms with van der Waals surface area (Å²) < 4.78 is 55.1. The molecule has 3 aromatic carbocycles. The number of urea groups is 1. The summed E-state index contributed by atoms with van der Waals surface area (Å²) in [6, 6.07) is 14.4. The maximum absolute atomic E-state index is 14.5. The summed E-state index contributed by atoms with van der Waals surface area (Å²) in [7, 11) is -4.71. The highest BCUT2D eigenvalue weighted by Gasteiger charge is 2.49. The summed E-state index contributed by atoms with van der Waals surface area (Å²) in [5.74, 6) is -2.66. The van der Waals surface area contributed by atoms with Crippen molar-refractivity contribution in [3.63, 3.8) is 0 Å². The number of carbonyl (C=O) groups is 2. The van der Waals surface area contributed by atoms with E-state index in [0.717, 1.165) is 33.8 Å². The average Bonchev–Trinajstić information content (AvgIpc) is 3.27. The summed E-state index contributed by atoms with van der Waals surface area (Å²) in [6.45, 7) is 5.49. The van der Waals surface area contributed by atoms with Crippen LogP contribution in [0.3, 0.4) is 0 Å². The summed E-state index contributed by atoms with van der Waals surface area (Å²) in [4.78, 5) is 31.4. The molecule has 1 atom stereocenters. The number of para-hydroxylation sites is 1. The molecule has 0 spiro atoms. The molecule has 5 rings (SSSR count). The Bertz CT molecular complexity index is 1530. The van der Waals surface area contributed by atoms with Gasteiger partial charge in [0.05, 0.1) is 6.54 Å². The van der Waals surface area contributed by atoms with Crippen LogP contribution in [0.15, 0.2) is 71.6 Å². The van der Waals surface area contributed by atoms with Gasteiger partial charge in [0.25, 0.3) is 10.0 Å². The lowest BCUT2D eigenvalue weighted by molar-refractivity contribution is -0.132. The van der Waals surface area contributed by atoms with Gasteiger partial charge in [0.1, 0.15) is 22.6 Å². The quantitative estimate of drug-likeness (QED) is 0.478. The first-order chi connectivity index (χ1) is 18.6. The second kappa shape index (κ2) is 10.3. The molecule has 3 aromatic rings. The lowest BCUT2D eigenvalue weighted by Gasteiger charge is -2.38. The number of nitrogens with zero attached hydrogens (tertiary/aromatic N) is 4. The minimum Gasteiger partial charge on any atom is -0.368 e. The Hall–Kier alpha value is -3.99. The third-order valence-electron chi connectivity index (χ3n) is 7.15. The van der Waals surface area contributed by atoms with Gasteiger partial charge in [-0.25, -0.2) is 26.3 Å². The van der Waals surface area contributed by atoms with Crippen LogP contribution in [0.5, 0.6) is 0 Å². The Morgan fingerprint density at radius 1 is 0.897 bits per heavy atom. The van der Waals surface area contributed by atoms with E-state index >= 15 is 0 Å². The number of hydrogen-bond donors (Lipinski definition) is 0. The fourth-order valence-corrected chi connectivity index (χ4v) is 6.49. The van der Waals surface area contributed by atoms with Crippen molar-refractivity contribution in [3.8, 4) is 0 Å². The first-order valence-electron chi connectivity index (χ1n) is 12.5. The molecule has 1 unspecified atom stereocenters. The summed E-state index contributed by atoms with van der Waals surface area (Å²) >= 11 is 0. The van der Waals surface area contributed by atoms with E-state index in [4.69, 9.17) is 0 Å². The third kappa shape index (κ3) is 4.94. The number of benzene rings is 3. The topological polar surface area (TPSA) is 81.2 Å². The number of aryl methyl sites for hydroxylation is 2. The van der Waals surface area contributed by atoms with Crippen LogP contribution in [0.4, 0.5) is 25.0 Å². The molecule has 2 fully saturated rings. The minimum absolute atomic E-state index is 0.340.